The molecular weight excluding hydrogens is 389 g/mol. The van der Waals surface area contributed by atoms with Gasteiger partial charge >= 0.3 is 6.01 Å². The van der Waals surface area contributed by atoms with Crippen molar-refractivity contribution in [1.29, 1.82) is 0 Å². The molecule has 1 aromatic heterocycles. The molecule has 2 aromatic carbocycles. The predicted molar refractivity (Wildman–Crippen MR) is 110 cm³/mol. The molecule has 1 fully saturated rings. The highest BCUT2D eigenvalue weighted by Gasteiger charge is 2.23. The smallest absolute Gasteiger partial charge is 0.324 e. The molecule has 0 radical (unpaired) electrons. The highest BCUT2D eigenvalue weighted by atomic mass is 19.1. The highest BCUT2D eigenvalue weighted by Crippen LogP contribution is 2.24. The number of nitrogens with one attached hydrogen (secondary N) is 1. The summed E-state index contributed by atoms with van der Waals surface area (Å²) in [7, 11) is 1.61. The molecule has 0 unspecified atom stereocenters. The largest absolute Gasteiger partial charge is 0.497 e. The van der Waals surface area contributed by atoms with E-state index in [-0.39, 0.29) is 18.1 Å². The first-order valence-corrected chi connectivity index (χ1v) is 9.62. The summed E-state index contributed by atoms with van der Waals surface area (Å²) in [6.45, 7) is 2.80. The predicted octanol–water partition coefficient (Wildman–Crippen LogP) is 2.65. The van der Waals surface area contributed by atoms with E-state index in [1.54, 1.807) is 25.3 Å². The molecule has 1 saturated heterocycles. The number of carbonyl (C=O) groups is 1. The molecule has 0 saturated carbocycles. The van der Waals surface area contributed by atoms with E-state index < -0.39 is 5.82 Å². The van der Waals surface area contributed by atoms with E-state index >= 15 is 0 Å². The number of halogens is 1. The summed E-state index contributed by atoms with van der Waals surface area (Å²) in [5.41, 5.74) is 1.00. The van der Waals surface area contributed by atoms with Gasteiger partial charge in [-0.15, -0.1) is 0 Å². The van der Waals surface area contributed by atoms with E-state index in [1.807, 2.05) is 34.1 Å². The van der Waals surface area contributed by atoms with Crippen molar-refractivity contribution in [2.24, 2.45) is 0 Å². The third-order valence-corrected chi connectivity index (χ3v) is 4.90. The van der Waals surface area contributed by atoms with Gasteiger partial charge in [-0.05, 0) is 24.3 Å². The van der Waals surface area contributed by atoms with Crippen molar-refractivity contribution < 1.29 is 18.4 Å². The number of aromatic nitrogens is 2. The Morgan fingerprint density at radius 2 is 1.97 bits per heavy atom. The molecule has 9 heteroatoms. The number of methoxy groups -OCH3 is 1. The van der Waals surface area contributed by atoms with Gasteiger partial charge in [0.05, 0.1) is 19.3 Å². The summed E-state index contributed by atoms with van der Waals surface area (Å²) in [6.07, 6.45) is 0. The zero-order chi connectivity index (χ0) is 20.9. The van der Waals surface area contributed by atoms with Gasteiger partial charge in [0, 0.05) is 31.7 Å². The summed E-state index contributed by atoms with van der Waals surface area (Å²) >= 11 is 0. The second-order valence-electron chi connectivity index (χ2n) is 6.92. The summed E-state index contributed by atoms with van der Waals surface area (Å²) in [5, 5.41) is 6.67. The summed E-state index contributed by atoms with van der Waals surface area (Å²) < 4.78 is 24.3. The van der Waals surface area contributed by atoms with Crippen molar-refractivity contribution in [2.75, 3.05) is 50.1 Å². The number of amides is 1. The highest BCUT2D eigenvalue weighted by molar-refractivity contribution is 5.92. The topological polar surface area (TPSA) is 83.7 Å². The number of para-hydroxylation sites is 1. The van der Waals surface area contributed by atoms with Crippen LogP contribution in [0.4, 0.5) is 16.1 Å². The fourth-order valence-corrected chi connectivity index (χ4v) is 3.28. The minimum Gasteiger partial charge on any atom is -0.497 e. The molecule has 0 atom stereocenters. The maximum atomic E-state index is 13.7. The van der Waals surface area contributed by atoms with Gasteiger partial charge in [0.1, 0.15) is 11.6 Å². The van der Waals surface area contributed by atoms with Gasteiger partial charge in [0.2, 0.25) is 11.7 Å². The van der Waals surface area contributed by atoms with Gasteiger partial charge in [0.25, 0.3) is 0 Å². The number of hydrogen-bond acceptors (Lipinski definition) is 7. The van der Waals surface area contributed by atoms with E-state index in [0.29, 0.717) is 38.0 Å². The van der Waals surface area contributed by atoms with Crippen LogP contribution in [0.3, 0.4) is 0 Å². The molecule has 0 bridgehead atoms. The van der Waals surface area contributed by atoms with Gasteiger partial charge in [-0.1, -0.05) is 29.4 Å². The molecule has 1 aliphatic heterocycles. The lowest BCUT2D eigenvalue weighted by molar-refractivity contribution is -0.117. The van der Waals surface area contributed by atoms with Crippen LogP contribution in [0.5, 0.6) is 5.75 Å². The Balaban J connectivity index is 1.31. The van der Waals surface area contributed by atoms with Crippen molar-refractivity contribution in [2.45, 2.75) is 0 Å². The Kier molecular flexibility index (Phi) is 5.89. The first-order chi connectivity index (χ1) is 14.6. The number of nitrogens with zero attached hydrogens (tertiary/aromatic N) is 4. The number of rotatable bonds is 6. The van der Waals surface area contributed by atoms with E-state index in [0.717, 1.165) is 11.3 Å². The van der Waals surface area contributed by atoms with Gasteiger partial charge in [-0.2, -0.15) is 4.98 Å². The number of ether oxygens (including phenoxy) is 1. The van der Waals surface area contributed by atoms with Crippen molar-refractivity contribution in [3.05, 3.63) is 54.3 Å². The monoisotopic (exact) mass is 411 g/mol. The number of piperazine rings is 1. The molecule has 1 aliphatic rings. The molecule has 1 amide bonds. The quantitative estimate of drug-likeness (QED) is 0.668. The molecule has 0 spiro atoms. The van der Waals surface area contributed by atoms with Gasteiger partial charge < -0.3 is 19.5 Å². The fraction of sp³-hybridized carbons (Fsp3) is 0.286. The molecule has 2 heterocycles. The summed E-state index contributed by atoms with van der Waals surface area (Å²) in [6, 6.07) is 14.0. The molecule has 3 aromatic rings. The molecule has 4 rings (SSSR count). The van der Waals surface area contributed by atoms with Crippen LogP contribution in [0, 0.1) is 5.82 Å². The lowest BCUT2D eigenvalue weighted by atomic mass is 10.2. The Hall–Kier alpha value is -3.46. The lowest BCUT2D eigenvalue weighted by Crippen LogP contribution is -2.48. The minimum absolute atomic E-state index is 0.192. The normalized spacial score (nSPS) is 14.5. The molecule has 8 nitrogen and oxygen atoms in total. The molecule has 30 heavy (non-hydrogen) atoms. The van der Waals surface area contributed by atoms with Crippen LogP contribution in [0.2, 0.25) is 0 Å². The van der Waals surface area contributed by atoms with Crippen LogP contribution < -0.4 is 15.0 Å². The second-order valence-corrected chi connectivity index (χ2v) is 6.92. The Labute approximate surface area is 173 Å². The average molecular weight is 411 g/mol. The first kappa shape index (κ1) is 19.8. The third-order valence-electron chi connectivity index (χ3n) is 4.90. The SMILES string of the molecule is COc1cccc(-c2noc(N3CCN(CC(=O)Nc4ccccc4F)CC3)n2)c1. The second kappa shape index (κ2) is 8.91. The van der Waals surface area contributed by atoms with Crippen LogP contribution in [0.25, 0.3) is 11.4 Å². The molecule has 156 valence electrons. The van der Waals surface area contributed by atoms with Crippen molar-refractivity contribution in [3.8, 4) is 17.1 Å². The van der Waals surface area contributed by atoms with Crippen LogP contribution in [0.15, 0.2) is 53.1 Å². The average Bonchev–Trinajstić information content (AvgIpc) is 3.26. The van der Waals surface area contributed by atoms with Gasteiger partial charge in [0.15, 0.2) is 0 Å². The fourth-order valence-electron chi connectivity index (χ4n) is 3.28. The first-order valence-electron chi connectivity index (χ1n) is 9.62. The van der Waals surface area contributed by atoms with Crippen molar-refractivity contribution in [1.82, 2.24) is 15.0 Å². The van der Waals surface area contributed by atoms with Gasteiger partial charge in [-0.25, -0.2) is 4.39 Å². The third kappa shape index (κ3) is 4.57. The van der Waals surface area contributed by atoms with Crippen molar-refractivity contribution >= 4 is 17.6 Å². The maximum Gasteiger partial charge on any atom is 0.324 e. The Morgan fingerprint density at radius 3 is 2.73 bits per heavy atom. The maximum absolute atomic E-state index is 13.7. The minimum atomic E-state index is -0.445. The van der Waals surface area contributed by atoms with E-state index in [4.69, 9.17) is 9.26 Å². The van der Waals surface area contributed by atoms with E-state index in [2.05, 4.69) is 15.5 Å². The zero-order valence-electron chi connectivity index (χ0n) is 16.5. The Morgan fingerprint density at radius 1 is 1.17 bits per heavy atom. The number of hydrogen-bond donors (Lipinski definition) is 1. The lowest BCUT2D eigenvalue weighted by Gasteiger charge is -2.32. The molecule has 1 N–H and O–H groups in total. The zero-order valence-corrected chi connectivity index (χ0v) is 16.5. The summed E-state index contributed by atoms with van der Waals surface area (Å²) in [4.78, 5) is 20.7. The molecular formula is C21H22FN5O3. The van der Waals surface area contributed by atoms with Crippen molar-refractivity contribution in [3.63, 3.8) is 0 Å². The van der Waals surface area contributed by atoms with Crippen LogP contribution in [-0.2, 0) is 4.79 Å². The number of benzene rings is 2. The van der Waals surface area contributed by atoms with Crippen LogP contribution in [-0.4, -0.2) is 60.8 Å². The van der Waals surface area contributed by atoms with Crippen LogP contribution in [0.1, 0.15) is 0 Å². The Bertz CT molecular complexity index is 1020. The van der Waals surface area contributed by atoms with E-state index in [1.165, 1.54) is 6.07 Å². The van der Waals surface area contributed by atoms with Gasteiger partial charge in [-0.3, -0.25) is 9.69 Å². The van der Waals surface area contributed by atoms with Crippen LogP contribution >= 0.6 is 0 Å². The van der Waals surface area contributed by atoms with E-state index in [9.17, 15) is 9.18 Å². The number of anilines is 2. The summed E-state index contributed by atoms with van der Waals surface area (Å²) in [5.74, 6) is 0.530. The molecule has 0 aliphatic carbocycles. The number of carbonyl (C=O) groups excluding carboxylic acids is 1. The standard InChI is InChI=1S/C21H22FN5O3/c1-29-16-6-4-5-15(13-16)20-24-21(30-25-20)27-11-9-26(10-12-27)14-19(28)23-18-8-3-2-7-17(18)22/h2-8,13H,9-12,14H2,1H3,(H,23,28).